The van der Waals surface area contributed by atoms with E-state index in [-0.39, 0.29) is 22.8 Å². The molecule has 4 heteroatoms. The van der Waals surface area contributed by atoms with Crippen molar-refractivity contribution < 1.29 is 14.6 Å². The van der Waals surface area contributed by atoms with Gasteiger partial charge in [-0.3, -0.25) is 4.79 Å². The zero-order chi connectivity index (χ0) is 16.0. The summed E-state index contributed by atoms with van der Waals surface area (Å²) < 4.78 is 5.76. The SMILES string of the molecule is O=c1cc(-c2cc(O)c(C3CCC3)c(O)c2)oc2ccccc12. The van der Waals surface area contributed by atoms with Crippen LogP contribution in [0.1, 0.15) is 30.7 Å². The summed E-state index contributed by atoms with van der Waals surface area (Å²) in [6.07, 6.45) is 3.07. The van der Waals surface area contributed by atoms with Crippen molar-refractivity contribution in [1.29, 1.82) is 0 Å². The lowest BCUT2D eigenvalue weighted by Gasteiger charge is -2.27. The van der Waals surface area contributed by atoms with Gasteiger partial charge in [-0.2, -0.15) is 0 Å². The smallest absolute Gasteiger partial charge is 0.193 e. The van der Waals surface area contributed by atoms with Crippen molar-refractivity contribution >= 4 is 11.0 Å². The highest BCUT2D eigenvalue weighted by atomic mass is 16.3. The van der Waals surface area contributed by atoms with E-state index >= 15 is 0 Å². The van der Waals surface area contributed by atoms with Crippen LogP contribution < -0.4 is 5.43 Å². The van der Waals surface area contributed by atoms with Gasteiger partial charge in [-0.15, -0.1) is 0 Å². The van der Waals surface area contributed by atoms with E-state index in [1.54, 1.807) is 36.4 Å². The Bertz CT molecular complexity index is 928. The molecule has 0 unspecified atom stereocenters. The Kier molecular flexibility index (Phi) is 3.11. The van der Waals surface area contributed by atoms with Crippen LogP contribution in [0.15, 0.2) is 51.7 Å². The van der Waals surface area contributed by atoms with Crippen LogP contribution in [0.3, 0.4) is 0 Å². The minimum atomic E-state index is -0.149. The second kappa shape index (κ2) is 5.16. The first-order valence-electron chi connectivity index (χ1n) is 7.72. The number of benzene rings is 2. The quantitative estimate of drug-likeness (QED) is 0.746. The fourth-order valence-corrected chi connectivity index (χ4v) is 3.13. The van der Waals surface area contributed by atoms with Crippen molar-refractivity contribution in [3.8, 4) is 22.8 Å². The van der Waals surface area contributed by atoms with Gasteiger partial charge in [-0.1, -0.05) is 18.6 Å². The van der Waals surface area contributed by atoms with Gasteiger partial charge in [-0.25, -0.2) is 0 Å². The number of phenolic OH excluding ortho intramolecular Hbond substituents is 2. The molecule has 1 saturated carbocycles. The molecule has 116 valence electrons. The highest BCUT2D eigenvalue weighted by Crippen LogP contribution is 2.46. The predicted octanol–water partition coefficient (Wildman–Crippen LogP) is 4.14. The first-order chi connectivity index (χ1) is 11.1. The molecule has 0 atom stereocenters. The van der Waals surface area contributed by atoms with Crippen molar-refractivity contribution in [2.75, 3.05) is 0 Å². The van der Waals surface area contributed by atoms with Gasteiger partial charge in [0.15, 0.2) is 5.43 Å². The Morgan fingerprint density at radius 2 is 1.70 bits per heavy atom. The first-order valence-corrected chi connectivity index (χ1v) is 7.72. The molecule has 0 radical (unpaired) electrons. The zero-order valence-electron chi connectivity index (χ0n) is 12.5. The van der Waals surface area contributed by atoms with E-state index in [2.05, 4.69) is 0 Å². The van der Waals surface area contributed by atoms with Crippen molar-refractivity contribution in [2.24, 2.45) is 0 Å². The number of fused-ring (bicyclic) bond motifs is 1. The Hall–Kier alpha value is -2.75. The van der Waals surface area contributed by atoms with Gasteiger partial charge in [0.05, 0.1) is 5.39 Å². The average molecular weight is 308 g/mol. The van der Waals surface area contributed by atoms with E-state index in [9.17, 15) is 15.0 Å². The second-order valence-corrected chi connectivity index (χ2v) is 6.03. The van der Waals surface area contributed by atoms with Crippen LogP contribution in [0.25, 0.3) is 22.3 Å². The standard InChI is InChI=1S/C19H16O4/c20-14-10-18(23-17-7-2-1-6-13(14)17)12-8-15(21)19(16(22)9-12)11-4-3-5-11/h1-2,6-11,21-22H,3-5H2. The molecule has 23 heavy (non-hydrogen) atoms. The van der Waals surface area contributed by atoms with Crippen LogP contribution in [-0.2, 0) is 0 Å². The summed E-state index contributed by atoms with van der Waals surface area (Å²) in [5.74, 6) is 0.660. The summed E-state index contributed by atoms with van der Waals surface area (Å²) in [5, 5.41) is 21.1. The van der Waals surface area contributed by atoms with Gasteiger partial charge < -0.3 is 14.6 Å². The fraction of sp³-hybridized carbons (Fsp3) is 0.211. The van der Waals surface area contributed by atoms with E-state index in [0.717, 1.165) is 19.3 Å². The molecular formula is C19H16O4. The maximum Gasteiger partial charge on any atom is 0.193 e. The normalized spacial score (nSPS) is 14.8. The van der Waals surface area contributed by atoms with Crippen LogP contribution in [0, 0.1) is 0 Å². The molecule has 1 aromatic heterocycles. The summed E-state index contributed by atoms with van der Waals surface area (Å²) in [4.78, 5) is 12.2. The van der Waals surface area contributed by atoms with Gasteiger partial charge in [0.25, 0.3) is 0 Å². The molecule has 0 aliphatic heterocycles. The molecule has 0 bridgehead atoms. The minimum absolute atomic E-state index is 0.0560. The summed E-state index contributed by atoms with van der Waals surface area (Å²) in [7, 11) is 0. The van der Waals surface area contributed by atoms with Crippen LogP contribution in [0.4, 0.5) is 0 Å². The lowest BCUT2D eigenvalue weighted by Crippen LogP contribution is -2.09. The van der Waals surface area contributed by atoms with Crippen LogP contribution in [0.2, 0.25) is 0 Å². The molecule has 1 fully saturated rings. The molecular weight excluding hydrogens is 292 g/mol. The van der Waals surface area contributed by atoms with Crippen molar-refractivity contribution in [1.82, 2.24) is 0 Å². The maximum atomic E-state index is 12.2. The molecule has 1 heterocycles. The van der Waals surface area contributed by atoms with E-state index in [1.165, 1.54) is 6.07 Å². The molecule has 3 aromatic rings. The third-order valence-corrected chi connectivity index (χ3v) is 4.57. The Morgan fingerprint density at radius 1 is 1.00 bits per heavy atom. The molecule has 4 nitrogen and oxygen atoms in total. The lowest BCUT2D eigenvalue weighted by atomic mass is 9.79. The summed E-state index contributed by atoms with van der Waals surface area (Å²) >= 11 is 0. The number of para-hydroxylation sites is 1. The van der Waals surface area contributed by atoms with E-state index in [4.69, 9.17) is 4.42 Å². The summed E-state index contributed by atoms with van der Waals surface area (Å²) in [6, 6.07) is 11.5. The van der Waals surface area contributed by atoms with Gasteiger partial charge in [0.2, 0.25) is 0 Å². The third-order valence-electron chi connectivity index (χ3n) is 4.57. The molecule has 1 aliphatic rings. The third kappa shape index (κ3) is 2.27. The van der Waals surface area contributed by atoms with Crippen LogP contribution in [-0.4, -0.2) is 10.2 Å². The van der Waals surface area contributed by atoms with E-state index in [0.29, 0.717) is 27.9 Å². The van der Waals surface area contributed by atoms with Crippen molar-refractivity contribution in [3.05, 3.63) is 58.3 Å². The second-order valence-electron chi connectivity index (χ2n) is 6.03. The molecule has 0 amide bonds. The topological polar surface area (TPSA) is 70.7 Å². The van der Waals surface area contributed by atoms with Crippen LogP contribution in [0.5, 0.6) is 11.5 Å². The van der Waals surface area contributed by atoms with E-state index < -0.39 is 0 Å². The minimum Gasteiger partial charge on any atom is -0.507 e. The molecule has 1 aliphatic carbocycles. The molecule has 0 saturated heterocycles. The number of hydrogen-bond acceptors (Lipinski definition) is 4. The van der Waals surface area contributed by atoms with Gasteiger partial charge in [0.1, 0.15) is 22.8 Å². The predicted molar refractivity (Wildman–Crippen MR) is 87.8 cm³/mol. The Labute approximate surface area is 132 Å². The van der Waals surface area contributed by atoms with E-state index in [1.807, 2.05) is 0 Å². The number of aromatic hydroxyl groups is 2. The molecule has 2 N–H and O–H groups in total. The summed E-state index contributed by atoms with van der Waals surface area (Å²) in [6.45, 7) is 0. The Morgan fingerprint density at radius 3 is 2.35 bits per heavy atom. The van der Waals surface area contributed by atoms with Gasteiger partial charge >= 0.3 is 0 Å². The zero-order valence-corrected chi connectivity index (χ0v) is 12.5. The van der Waals surface area contributed by atoms with Crippen molar-refractivity contribution in [3.63, 3.8) is 0 Å². The largest absolute Gasteiger partial charge is 0.507 e. The first kappa shape index (κ1) is 13.9. The Balaban J connectivity index is 1.86. The number of rotatable bonds is 2. The van der Waals surface area contributed by atoms with Gasteiger partial charge in [0, 0.05) is 17.2 Å². The van der Waals surface area contributed by atoms with Crippen LogP contribution >= 0.6 is 0 Å². The van der Waals surface area contributed by atoms with Crippen molar-refractivity contribution in [2.45, 2.75) is 25.2 Å². The maximum absolute atomic E-state index is 12.2. The number of hydrogen-bond donors (Lipinski definition) is 2. The lowest BCUT2D eigenvalue weighted by molar-refractivity contribution is 0.370. The fourth-order valence-electron chi connectivity index (χ4n) is 3.13. The average Bonchev–Trinajstić information content (AvgIpc) is 2.48. The summed E-state index contributed by atoms with van der Waals surface area (Å²) in [5.41, 5.74) is 1.43. The highest BCUT2D eigenvalue weighted by Gasteiger charge is 2.26. The number of phenols is 2. The molecule has 0 spiro atoms. The van der Waals surface area contributed by atoms with Gasteiger partial charge in [-0.05, 0) is 43.0 Å². The monoisotopic (exact) mass is 308 g/mol. The molecule has 4 rings (SSSR count). The highest BCUT2D eigenvalue weighted by molar-refractivity contribution is 5.79. The molecule has 2 aromatic carbocycles.